The molecule has 3 aromatic carbocycles. The van der Waals surface area contributed by atoms with Crippen molar-refractivity contribution in [2.45, 2.75) is 6.61 Å². The average molecular weight is 443 g/mol. The molecule has 4 rings (SSSR count). The number of nitrogens with zero attached hydrogens (tertiary/aromatic N) is 3. The predicted molar refractivity (Wildman–Crippen MR) is 121 cm³/mol. The normalized spacial score (nSPS) is 10.5. The Morgan fingerprint density at radius 1 is 0.939 bits per heavy atom. The summed E-state index contributed by atoms with van der Waals surface area (Å²) in [7, 11) is 3.22. The molecule has 0 aliphatic rings. The van der Waals surface area contributed by atoms with Crippen LogP contribution >= 0.6 is 0 Å². The van der Waals surface area contributed by atoms with E-state index in [0.29, 0.717) is 22.8 Å². The zero-order valence-electron chi connectivity index (χ0n) is 18.1. The first-order valence-corrected chi connectivity index (χ1v) is 10.1. The van der Waals surface area contributed by atoms with Gasteiger partial charge in [-0.15, -0.1) is 0 Å². The lowest BCUT2D eigenvalue weighted by molar-refractivity contribution is 0.0427. The molecule has 0 N–H and O–H groups in total. The molecule has 1 heterocycles. The van der Waals surface area contributed by atoms with E-state index in [2.05, 4.69) is 10.1 Å². The van der Waals surface area contributed by atoms with Crippen LogP contribution in [0.1, 0.15) is 26.6 Å². The zero-order valence-corrected chi connectivity index (χ0v) is 18.1. The highest BCUT2D eigenvalue weighted by Crippen LogP contribution is 2.22. The Hall–Kier alpha value is -4.46. The standard InChI is InChI=1S/C25H21N3O5/c1-28(18-10-4-3-5-11-18)24(29)20-13-6-7-14-21(20)25(30)32-16-22-26-23(27-33-22)17-9-8-12-19(15-17)31-2/h3-15H,16H2,1-2H3. The molecule has 4 aromatic rings. The topological polar surface area (TPSA) is 94.8 Å². The van der Waals surface area contributed by atoms with E-state index < -0.39 is 5.97 Å². The van der Waals surface area contributed by atoms with Gasteiger partial charge in [-0.05, 0) is 36.4 Å². The first-order valence-electron chi connectivity index (χ1n) is 10.1. The molecule has 0 fully saturated rings. The van der Waals surface area contributed by atoms with Crippen LogP contribution < -0.4 is 9.64 Å². The third-order valence-corrected chi connectivity index (χ3v) is 4.95. The van der Waals surface area contributed by atoms with Gasteiger partial charge in [-0.3, -0.25) is 4.79 Å². The molecular weight excluding hydrogens is 422 g/mol. The lowest BCUT2D eigenvalue weighted by Crippen LogP contribution is -2.28. The van der Waals surface area contributed by atoms with Crippen molar-refractivity contribution in [2.24, 2.45) is 0 Å². The monoisotopic (exact) mass is 443 g/mol. The molecule has 0 atom stereocenters. The third-order valence-electron chi connectivity index (χ3n) is 4.95. The van der Waals surface area contributed by atoms with Gasteiger partial charge in [0.05, 0.1) is 18.2 Å². The van der Waals surface area contributed by atoms with Crippen molar-refractivity contribution in [3.63, 3.8) is 0 Å². The summed E-state index contributed by atoms with van der Waals surface area (Å²) >= 11 is 0. The minimum Gasteiger partial charge on any atom is -0.497 e. The lowest BCUT2D eigenvalue weighted by atomic mass is 10.1. The number of esters is 1. The number of ether oxygens (including phenoxy) is 2. The van der Waals surface area contributed by atoms with Crippen molar-refractivity contribution in [3.8, 4) is 17.1 Å². The Morgan fingerprint density at radius 3 is 2.42 bits per heavy atom. The van der Waals surface area contributed by atoms with Gasteiger partial charge in [-0.1, -0.05) is 47.6 Å². The van der Waals surface area contributed by atoms with Crippen LogP contribution in [-0.2, 0) is 11.3 Å². The van der Waals surface area contributed by atoms with Crippen molar-refractivity contribution in [2.75, 3.05) is 19.1 Å². The van der Waals surface area contributed by atoms with Crippen LogP contribution in [0.3, 0.4) is 0 Å². The fourth-order valence-electron chi connectivity index (χ4n) is 3.20. The molecule has 1 aromatic heterocycles. The number of hydrogen-bond donors (Lipinski definition) is 0. The van der Waals surface area contributed by atoms with Crippen molar-refractivity contribution in [3.05, 3.63) is 95.9 Å². The molecule has 8 heteroatoms. The van der Waals surface area contributed by atoms with Crippen molar-refractivity contribution in [1.29, 1.82) is 0 Å². The van der Waals surface area contributed by atoms with Crippen LogP contribution in [0.25, 0.3) is 11.4 Å². The molecule has 166 valence electrons. The van der Waals surface area contributed by atoms with E-state index in [0.717, 1.165) is 0 Å². The summed E-state index contributed by atoms with van der Waals surface area (Å²) in [6, 6.07) is 22.9. The molecule has 1 amide bonds. The molecule has 0 bridgehead atoms. The number of benzene rings is 3. The Bertz CT molecular complexity index is 1270. The van der Waals surface area contributed by atoms with E-state index in [1.165, 1.54) is 4.90 Å². The van der Waals surface area contributed by atoms with Gasteiger partial charge >= 0.3 is 5.97 Å². The maximum atomic E-state index is 13.0. The van der Waals surface area contributed by atoms with E-state index in [1.54, 1.807) is 50.6 Å². The van der Waals surface area contributed by atoms with Crippen LogP contribution in [0.5, 0.6) is 5.75 Å². The van der Waals surface area contributed by atoms with Gasteiger partial charge in [0.15, 0.2) is 6.61 Å². The number of carbonyl (C=O) groups excluding carboxylic acids is 2. The molecule has 0 saturated carbocycles. The van der Waals surface area contributed by atoms with Crippen LogP contribution in [0.15, 0.2) is 83.4 Å². The highest BCUT2D eigenvalue weighted by atomic mass is 16.6. The second-order valence-corrected chi connectivity index (χ2v) is 7.07. The summed E-state index contributed by atoms with van der Waals surface area (Å²) in [6.07, 6.45) is 0. The molecule has 0 unspecified atom stereocenters. The van der Waals surface area contributed by atoms with E-state index >= 15 is 0 Å². The third kappa shape index (κ3) is 4.90. The van der Waals surface area contributed by atoms with Gasteiger partial charge in [0, 0.05) is 18.3 Å². The van der Waals surface area contributed by atoms with Gasteiger partial charge < -0.3 is 18.9 Å². The minimum atomic E-state index is -0.665. The Balaban J connectivity index is 1.47. The largest absolute Gasteiger partial charge is 0.497 e. The summed E-state index contributed by atoms with van der Waals surface area (Å²) in [5.74, 6) is 0.145. The fourth-order valence-corrected chi connectivity index (χ4v) is 3.20. The average Bonchev–Trinajstić information content (AvgIpc) is 3.36. The van der Waals surface area contributed by atoms with Crippen molar-refractivity contribution in [1.82, 2.24) is 10.1 Å². The number of amides is 1. The zero-order chi connectivity index (χ0) is 23.2. The maximum absolute atomic E-state index is 13.0. The summed E-state index contributed by atoms with van der Waals surface area (Å²) < 4.78 is 15.8. The molecule has 0 aliphatic carbocycles. The van der Waals surface area contributed by atoms with Gasteiger partial charge in [-0.2, -0.15) is 4.98 Å². The molecule has 0 aliphatic heterocycles. The van der Waals surface area contributed by atoms with E-state index in [-0.39, 0.29) is 29.5 Å². The Labute approximate surface area is 190 Å². The maximum Gasteiger partial charge on any atom is 0.339 e. The first kappa shape index (κ1) is 21.8. The number of hydrogen-bond acceptors (Lipinski definition) is 7. The van der Waals surface area contributed by atoms with E-state index in [9.17, 15) is 9.59 Å². The molecule has 33 heavy (non-hydrogen) atoms. The number of carbonyl (C=O) groups is 2. The number of anilines is 1. The van der Waals surface area contributed by atoms with Crippen LogP contribution in [0.4, 0.5) is 5.69 Å². The lowest BCUT2D eigenvalue weighted by Gasteiger charge is -2.18. The molecule has 8 nitrogen and oxygen atoms in total. The second kappa shape index (κ2) is 9.78. The van der Waals surface area contributed by atoms with Gasteiger partial charge in [0.25, 0.3) is 11.8 Å². The first-order chi connectivity index (χ1) is 16.1. The van der Waals surface area contributed by atoms with Gasteiger partial charge in [0.1, 0.15) is 5.75 Å². The second-order valence-electron chi connectivity index (χ2n) is 7.07. The SMILES string of the molecule is COc1cccc(-c2noc(COC(=O)c3ccccc3C(=O)N(C)c3ccccc3)n2)c1. The smallest absolute Gasteiger partial charge is 0.339 e. The molecule has 0 saturated heterocycles. The highest BCUT2D eigenvalue weighted by Gasteiger charge is 2.22. The molecular formula is C25H21N3O5. The summed E-state index contributed by atoms with van der Waals surface area (Å²) in [4.78, 5) is 31.5. The van der Waals surface area contributed by atoms with Crippen LogP contribution in [0.2, 0.25) is 0 Å². The van der Waals surface area contributed by atoms with Gasteiger partial charge in [0.2, 0.25) is 5.82 Å². The van der Waals surface area contributed by atoms with E-state index in [1.807, 2.05) is 42.5 Å². The van der Waals surface area contributed by atoms with Crippen LogP contribution in [-0.4, -0.2) is 36.2 Å². The highest BCUT2D eigenvalue weighted by molar-refractivity contribution is 6.11. The summed E-state index contributed by atoms with van der Waals surface area (Å²) in [5.41, 5.74) is 1.80. The number of rotatable bonds is 7. The van der Waals surface area contributed by atoms with Gasteiger partial charge in [-0.25, -0.2) is 4.79 Å². The summed E-state index contributed by atoms with van der Waals surface area (Å²) in [6.45, 7) is -0.229. The number of para-hydroxylation sites is 1. The minimum absolute atomic E-state index is 0.131. The Morgan fingerprint density at radius 2 is 1.67 bits per heavy atom. The van der Waals surface area contributed by atoms with Crippen molar-refractivity contribution >= 4 is 17.6 Å². The fraction of sp³-hybridized carbons (Fsp3) is 0.120. The Kier molecular flexibility index (Phi) is 6.45. The summed E-state index contributed by atoms with van der Waals surface area (Å²) in [5, 5.41) is 3.92. The molecule has 0 radical (unpaired) electrons. The predicted octanol–water partition coefficient (Wildman–Crippen LogP) is 4.38. The van der Waals surface area contributed by atoms with Crippen LogP contribution in [0, 0.1) is 0 Å². The number of methoxy groups -OCH3 is 1. The molecule has 0 spiro atoms. The number of aromatic nitrogens is 2. The van der Waals surface area contributed by atoms with Crippen molar-refractivity contribution < 1.29 is 23.6 Å². The quantitative estimate of drug-likeness (QED) is 0.391. The van der Waals surface area contributed by atoms with E-state index in [4.69, 9.17) is 14.0 Å².